The van der Waals surface area contributed by atoms with Gasteiger partial charge >= 0.3 is 12.0 Å². The number of carbonyl (C=O) groups excluding carboxylic acids is 1. The number of carboxylic acid groups (broad SMARTS) is 1. The smallest absolute Gasteiger partial charge is 0.317 e. The second kappa shape index (κ2) is 6.71. The maximum absolute atomic E-state index is 12.3. The lowest BCUT2D eigenvalue weighted by Crippen LogP contribution is -2.42. The summed E-state index contributed by atoms with van der Waals surface area (Å²) in [6, 6.07) is 7.56. The number of likely N-dealkylation sites (tertiary alicyclic amines) is 1. The van der Waals surface area contributed by atoms with Gasteiger partial charge in [0.25, 0.3) is 0 Å². The lowest BCUT2D eigenvalue weighted by molar-refractivity contribution is -0.149. The number of rotatable bonds is 5. The zero-order valence-electron chi connectivity index (χ0n) is 14.0. The molecule has 2 aliphatic rings. The highest BCUT2D eigenvalue weighted by molar-refractivity contribution is 5.80. The van der Waals surface area contributed by atoms with E-state index >= 15 is 0 Å². The third-order valence-electron chi connectivity index (χ3n) is 5.22. The molecule has 0 aromatic heterocycles. The van der Waals surface area contributed by atoms with Gasteiger partial charge < -0.3 is 20.1 Å². The fourth-order valence-electron chi connectivity index (χ4n) is 3.94. The SMILES string of the molecule is Cc1cccc(OCCNC(=O)N2C[C@@H]3CCC[C@@]3(C(=O)O)C2)c1. The summed E-state index contributed by atoms with van der Waals surface area (Å²) >= 11 is 0. The van der Waals surface area contributed by atoms with Gasteiger partial charge in [0.05, 0.1) is 12.0 Å². The molecule has 2 amide bonds. The van der Waals surface area contributed by atoms with Crippen molar-refractivity contribution in [1.82, 2.24) is 10.2 Å². The van der Waals surface area contributed by atoms with Gasteiger partial charge in [-0.25, -0.2) is 4.79 Å². The zero-order chi connectivity index (χ0) is 17.2. The molecule has 1 aromatic carbocycles. The highest BCUT2D eigenvalue weighted by atomic mass is 16.5. The van der Waals surface area contributed by atoms with E-state index in [0.717, 1.165) is 24.2 Å². The molecule has 1 aromatic rings. The first kappa shape index (κ1) is 16.6. The molecule has 0 bridgehead atoms. The standard InChI is InChI=1S/C18H24N2O4/c1-13-4-2-6-15(10-13)24-9-8-19-17(23)20-11-14-5-3-7-18(14,12-20)16(21)22/h2,4,6,10,14H,3,5,7-9,11-12H2,1H3,(H,19,23)(H,21,22)/t14-,18+/m0/s1. The fraction of sp³-hybridized carbons (Fsp3) is 0.556. The Balaban J connectivity index is 1.45. The van der Waals surface area contributed by atoms with Crippen LogP contribution in [-0.4, -0.2) is 48.2 Å². The molecule has 1 aliphatic heterocycles. The lowest BCUT2D eigenvalue weighted by Gasteiger charge is -2.23. The van der Waals surface area contributed by atoms with E-state index in [-0.39, 0.29) is 11.9 Å². The molecule has 2 fully saturated rings. The van der Waals surface area contributed by atoms with Crippen molar-refractivity contribution in [3.8, 4) is 5.75 Å². The second-order valence-electron chi connectivity index (χ2n) is 6.83. The van der Waals surface area contributed by atoms with Gasteiger partial charge in [0.2, 0.25) is 0 Å². The molecule has 0 radical (unpaired) electrons. The number of carbonyl (C=O) groups is 2. The maximum atomic E-state index is 12.3. The molecule has 2 N–H and O–H groups in total. The van der Waals surface area contributed by atoms with E-state index in [0.29, 0.717) is 32.7 Å². The minimum absolute atomic E-state index is 0.0873. The first-order valence-corrected chi connectivity index (χ1v) is 8.47. The van der Waals surface area contributed by atoms with Gasteiger partial charge in [0.15, 0.2) is 0 Å². The van der Waals surface area contributed by atoms with Crippen LogP contribution >= 0.6 is 0 Å². The minimum Gasteiger partial charge on any atom is -0.492 e. The predicted molar refractivity (Wildman–Crippen MR) is 89.1 cm³/mol. The molecule has 2 atom stereocenters. The minimum atomic E-state index is -0.761. The van der Waals surface area contributed by atoms with Crippen molar-refractivity contribution in [2.75, 3.05) is 26.2 Å². The van der Waals surface area contributed by atoms with E-state index in [4.69, 9.17) is 4.74 Å². The molecular weight excluding hydrogens is 308 g/mol. The van der Waals surface area contributed by atoms with Crippen molar-refractivity contribution in [3.63, 3.8) is 0 Å². The Morgan fingerprint density at radius 3 is 3.00 bits per heavy atom. The summed E-state index contributed by atoms with van der Waals surface area (Å²) in [5.41, 5.74) is 0.397. The van der Waals surface area contributed by atoms with Crippen LogP contribution in [-0.2, 0) is 4.79 Å². The monoisotopic (exact) mass is 332 g/mol. The number of hydrogen-bond acceptors (Lipinski definition) is 3. The van der Waals surface area contributed by atoms with Crippen molar-refractivity contribution in [1.29, 1.82) is 0 Å². The molecule has 130 valence electrons. The number of benzene rings is 1. The zero-order valence-corrected chi connectivity index (χ0v) is 14.0. The van der Waals surface area contributed by atoms with Gasteiger partial charge in [0, 0.05) is 13.1 Å². The molecule has 24 heavy (non-hydrogen) atoms. The van der Waals surface area contributed by atoms with Crippen LogP contribution < -0.4 is 10.1 Å². The number of amides is 2. The largest absolute Gasteiger partial charge is 0.492 e. The number of aryl methyl sites for hydroxylation is 1. The number of carboxylic acids is 1. The normalized spacial score (nSPS) is 25.4. The molecule has 6 heteroatoms. The van der Waals surface area contributed by atoms with Crippen molar-refractivity contribution in [3.05, 3.63) is 29.8 Å². The van der Waals surface area contributed by atoms with E-state index in [1.807, 2.05) is 31.2 Å². The molecule has 1 heterocycles. The van der Waals surface area contributed by atoms with Crippen LogP contribution in [0, 0.1) is 18.3 Å². The summed E-state index contributed by atoms with van der Waals surface area (Å²) in [4.78, 5) is 25.6. The van der Waals surface area contributed by atoms with Crippen molar-refractivity contribution in [2.24, 2.45) is 11.3 Å². The first-order valence-electron chi connectivity index (χ1n) is 8.47. The summed E-state index contributed by atoms with van der Waals surface area (Å²) in [6.45, 7) is 3.64. The number of hydrogen-bond donors (Lipinski definition) is 2. The lowest BCUT2D eigenvalue weighted by atomic mass is 9.81. The summed E-state index contributed by atoms with van der Waals surface area (Å²) in [7, 11) is 0. The molecule has 1 aliphatic carbocycles. The van der Waals surface area contributed by atoms with Gasteiger partial charge in [-0.1, -0.05) is 18.6 Å². The number of nitrogens with zero attached hydrogens (tertiary/aromatic N) is 1. The van der Waals surface area contributed by atoms with Crippen molar-refractivity contribution in [2.45, 2.75) is 26.2 Å². The average Bonchev–Trinajstić information content (AvgIpc) is 3.09. The molecule has 1 saturated heterocycles. The number of ether oxygens (including phenoxy) is 1. The highest BCUT2D eigenvalue weighted by Crippen LogP contribution is 2.48. The van der Waals surface area contributed by atoms with Crippen LogP contribution in [0.2, 0.25) is 0 Å². The van der Waals surface area contributed by atoms with E-state index in [1.54, 1.807) is 4.90 Å². The predicted octanol–water partition coefficient (Wildman–Crippen LogP) is 2.27. The molecule has 3 rings (SSSR count). The fourth-order valence-corrected chi connectivity index (χ4v) is 3.94. The molecule has 0 spiro atoms. The number of fused-ring (bicyclic) bond motifs is 1. The van der Waals surface area contributed by atoms with Gasteiger partial charge in [-0.05, 0) is 43.4 Å². The molecule has 6 nitrogen and oxygen atoms in total. The number of nitrogens with one attached hydrogen (secondary N) is 1. The van der Waals surface area contributed by atoms with E-state index < -0.39 is 11.4 Å². The van der Waals surface area contributed by atoms with Crippen molar-refractivity contribution < 1.29 is 19.4 Å². The second-order valence-corrected chi connectivity index (χ2v) is 6.83. The van der Waals surface area contributed by atoms with Crippen LogP contribution in [0.15, 0.2) is 24.3 Å². The van der Waals surface area contributed by atoms with Gasteiger partial charge in [0.1, 0.15) is 12.4 Å². The Kier molecular flexibility index (Phi) is 4.64. The number of urea groups is 1. The Bertz CT molecular complexity index is 633. The molecule has 1 saturated carbocycles. The quantitative estimate of drug-likeness (QED) is 0.811. The van der Waals surface area contributed by atoms with Crippen LogP contribution in [0.3, 0.4) is 0 Å². The first-order chi connectivity index (χ1) is 11.5. The molecule has 0 unspecified atom stereocenters. The van der Waals surface area contributed by atoms with E-state index in [9.17, 15) is 14.7 Å². The maximum Gasteiger partial charge on any atom is 0.317 e. The summed E-state index contributed by atoms with van der Waals surface area (Å²) < 4.78 is 5.61. The summed E-state index contributed by atoms with van der Waals surface area (Å²) in [5, 5.41) is 12.4. The van der Waals surface area contributed by atoms with Crippen LogP contribution in [0.4, 0.5) is 4.79 Å². The Morgan fingerprint density at radius 1 is 1.46 bits per heavy atom. The number of aliphatic carboxylic acids is 1. The van der Waals surface area contributed by atoms with E-state index in [1.165, 1.54) is 0 Å². The van der Waals surface area contributed by atoms with Gasteiger partial charge in [-0.2, -0.15) is 0 Å². The van der Waals surface area contributed by atoms with Crippen LogP contribution in [0.1, 0.15) is 24.8 Å². The third kappa shape index (κ3) is 3.18. The van der Waals surface area contributed by atoms with Crippen LogP contribution in [0.5, 0.6) is 5.75 Å². The van der Waals surface area contributed by atoms with Crippen LogP contribution in [0.25, 0.3) is 0 Å². The Morgan fingerprint density at radius 2 is 2.29 bits per heavy atom. The van der Waals surface area contributed by atoms with Gasteiger partial charge in [-0.3, -0.25) is 4.79 Å². The summed E-state index contributed by atoms with van der Waals surface area (Å²) in [6.07, 6.45) is 2.51. The summed E-state index contributed by atoms with van der Waals surface area (Å²) in [5.74, 6) is 0.108. The Labute approximate surface area is 141 Å². The Hall–Kier alpha value is -2.24. The molecular formula is C18H24N2O4. The average molecular weight is 332 g/mol. The van der Waals surface area contributed by atoms with E-state index in [2.05, 4.69) is 5.32 Å². The highest BCUT2D eigenvalue weighted by Gasteiger charge is 2.55. The third-order valence-corrected chi connectivity index (χ3v) is 5.22. The van der Waals surface area contributed by atoms with Gasteiger partial charge in [-0.15, -0.1) is 0 Å². The van der Waals surface area contributed by atoms with Crippen molar-refractivity contribution >= 4 is 12.0 Å². The topological polar surface area (TPSA) is 78.9 Å².